The summed E-state index contributed by atoms with van der Waals surface area (Å²) in [6.07, 6.45) is -2.51. The maximum atomic E-state index is 12.8. The van der Waals surface area contributed by atoms with Crippen molar-refractivity contribution >= 4 is 22.6 Å². The van der Waals surface area contributed by atoms with Gasteiger partial charge in [-0.3, -0.25) is 4.99 Å². The maximum absolute atomic E-state index is 12.8. The Balaban J connectivity index is 1.78. The van der Waals surface area contributed by atoms with Gasteiger partial charge in [-0.25, -0.2) is 0 Å². The van der Waals surface area contributed by atoms with Crippen molar-refractivity contribution < 1.29 is 18.3 Å². The standard InChI is InChI=1S/C11H10F2N2O2S/c12-11(13)16-8-3-2-7(6-9(8)17-11)15-10-14-4-1-5-18-10/h2-3,6H,1,4-5H2,(H,14,15). The molecule has 0 saturated carbocycles. The van der Waals surface area contributed by atoms with E-state index in [9.17, 15) is 8.78 Å². The van der Waals surface area contributed by atoms with Crippen molar-refractivity contribution in [2.75, 3.05) is 17.6 Å². The molecular formula is C11H10F2N2O2S. The van der Waals surface area contributed by atoms with Gasteiger partial charge in [-0.2, -0.15) is 0 Å². The normalized spacial score (nSPS) is 20.4. The van der Waals surface area contributed by atoms with Crippen molar-refractivity contribution in [2.45, 2.75) is 12.7 Å². The first-order valence-electron chi connectivity index (χ1n) is 5.47. The predicted molar refractivity (Wildman–Crippen MR) is 65.6 cm³/mol. The number of benzene rings is 1. The van der Waals surface area contributed by atoms with E-state index in [-0.39, 0.29) is 11.5 Å². The van der Waals surface area contributed by atoms with Crippen molar-refractivity contribution in [3.8, 4) is 11.5 Å². The summed E-state index contributed by atoms with van der Waals surface area (Å²) in [7, 11) is 0. The van der Waals surface area contributed by atoms with Crippen LogP contribution in [-0.2, 0) is 0 Å². The Labute approximate surface area is 106 Å². The maximum Gasteiger partial charge on any atom is 0.586 e. The van der Waals surface area contributed by atoms with Gasteiger partial charge in [0, 0.05) is 24.1 Å². The fourth-order valence-corrected chi connectivity index (χ4v) is 2.52. The predicted octanol–water partition coefficient (Wildman–Crippen LogP) is 2.91. The molecule has 0 aromatic heterocycles. The second-order valence-corrected chi connectivity index (χ2v) is 4.93. The van der Waals surface area contributed by atoms with E-state index in [1.165, 1.54) is 12.1 Å². The molecule has 1 aromatic carbocycles. The molecule has 0 spiro atoms. The Morgan fingerprint density at radius 1 is 1.28 bits per heavy atom. The second-order valence-electron chi connectivity index (χ2n) is 3.84. The zero-order chi connectivity index (χ0) is 12.6. The van der Waals surface area contributed by atoms with Gasteiger partial charge < -0.3 is 14.8 Å². The molecular weight excluding hydrogens is 262 g/mol. The third kappa shape index (κ3) is 2.35. The first kappa shape index (κ1) is 11.6. The van der Waals surface area contributed by atoms with Crippen LogP contribution in [0, 0.1) is 0 Å². The average Bonchev–Trinajstić information content (AvgIpc) is 2.63. The molecule has 0 bridgehead atoms. The van der Waals surface area contributed by atoms with Crippen molar-refractivity contribution in [1.29, 1.82) is 0 Å². The van der Waals surface area contributed by atoms with E-state index in [0.29, 0.717) is 5.69 Å². The number of fused-ring (bicyclic) bond motifs is 1. The Bertz CT molecular complexity index is 508. The van der Waals surface area contributed by atoms with Crippen LogP contribution in [0.1, 0.15) is 6.42 Å². The summed E-state index contributed by atoms with van der Waals surface area (Å²) < 4.78 is 34.4. The zero-order valence-corrected chi connectivity index (χ0v) is 10.1. The Morgan fingerprint density at radius 2 is 2.11 bits per heavy atom. The number of amidine groups is 1. The van der Waals surface area contributed by atoms with Crippen LogP contribution in [0.25, 0.3) is 0 Å². The molecule has 1 N–H and O–H groups in total. The highest BCUT2D eigenvalue weighted by molar-refractivity contribution is 8.14. The van der Waals surface area contributed by atoms with Crippen LogP contribution in [0.15, 0.2) is 23.2 Å². The molecule has 3 rings (SSSR count). The summed E-state index contributed by atoms with van der Waals surface area (Å²) in [6.45, 7) is 0.790. The Hall–Kier alpha value is -1.50. The largest absolute Gasteiger partial charge is 0.586 e. The zero-order valence-electron chi connectivity index (χ0n) is 9.28. The van der Waals surface area contributed by atoms with Gasteiger partial charge in [-0.1, -0.05) is 11.8 Å². The van der Waals surface area contributed by atoms with Crippen LogP contribution in [-0.4, -0.2) is 23.8 Å². The van der Waals surface area contributed by atoms with E-state index in [4.69, 9.17) is 0 Å². The minimum atomic E-state index is -3.57. The van der Waals surface area contributed by atoms with Gasteiger partial charge >= 0.3 is 6.29 Å². The van der Waals surface area contributed by atoms with Crippen molar-refractivity contribution in [1.82, 2.24) is 0 Å². The van der Waals surface area contributed by atoms with Gasteiger partial charge in [0.25, 0.3) is 0 Å². The van der Waals surface area contributed by atoms with Gasteiger partial charge in [0.1, 0.15) is 0 Å². The van der Waals surface area contributed by atoms with Crippen LogP contribution in [0.4, 0.5) is 14.5 Å². The summed E-state index contributed by atoms with van der Waals surface area (Å²) in [4.78, 5) is 4.30. The number of ether oxygens (including phenoxy) is 2. The second kappa shape index (κ2) is 4.31. The molecule has 0 saturated heterocycles. The van der Waals surface area contributed by atoms with Crippen LogP contribution in [0.2, 0.25) is 0 Å². The lowest BCUT2D eigenvalue weighted by molar-refractivity contribution is -0.286. The SMILES string of the molecule is FC1(F)Oc2ccc(NC3=NCCCS3)cc2O1. The molecule has 0 atom stereocenters. The Morgan fingerprint density at radius 3 is 2.89 bits per heavy atom. The summed E-state index contributed by atoms with van der Waals surface area (Å²) in [5.41, 5.74) is 0.656. The molecule has 4 nitrogen and oxygen atoms in total. The molecule has 2 heterocycles. The molecule has 2 aliphatic heterocycles. The van der Waals surface area contributed by atoms with Gasteiger partial charge in [0.15, 0.2) is 16.7 Å². The molecule has 1 aromatic rings. The molecule has 0 amide bonds. The lowest BCUT2D eigenvalue weighted by Crippen LogP contribution is -2.25. The van der Waals surface area contributed by atoms with Gasteiger partial charge in [0.2, 0.25) is 0 Å². The first-order valence-corrected chi connectivity index (χ1v) is 6.45. The van der Waals surface area contributed by atoms with E-state index in [1.54, 1.807) is 17.8 Å². The van der Waals surface area contributed by atoms with Gasteiger partial charge in [0.05, 0.1) is 0 Å². The van der Waals surface area contributed by atoms with Crippen molar-refractivity contribution in [2.24, 2.45) is 4.99 Å². The molecule has 96 valence electrons. The van der Waals surface area contributed by atoms with E-state index >= 15 is 0 Å². The Kier molecular flexibility index (Phi) is 2.77. The molecule has 18 heavy (non-hydrogen) atoms. The third-order valence-corrected chi connectivity index (χ3v) is 3.45. The molecule has 0 aliphatic carbocycles. The topological polar surface area (TPSA) is 42.8 Å². The van der Waals surface area contributed by atoms with Crippen molar-refractivity contribution in [3.63, 3.8) is 0 Å². The number of thioether (sulfide) groups is 1. The lowest BCUT2D eigenvalue weighted by Gasteiger charge is -2.13. The smallest absolute Gasteiger partial charge is 0.395 e. The van der Waals surface area contributed by atoms with Crippen LogP contribution < -0.4 is 14.8 Å². The molecule has 2 aliphatic rings. The molecule has 0 radical (unpaired) electrons. The number of nitrogens with zero attached hydrogens (tertiary/aromatic N) is 1. The quantitative estimate of drug-likeness (QED) is 0.853. The van der Waals surface area contributed by atoms with Crippen molar-refractivity contribution in [3.05, 3.63) is 18.2 Å². The number of alkyl halides is 2. The number of aliphatic imine (C=N–C) groups is 1. The minimum Gasteiger partial charge on any atom is -0.395 e. The molecule has 0 unspecified atom stereocenters. The molecule has 7 heteroatoms. The van der Waals surface area contributed by atoms with Gasteiger partial charge in [-0.15, -0.1) is 8.78 Å². The summed E-state index contributed by atoms with van der Waals surface area (Å²) in [5.74, 6) is 1.09. The lowest BCUT2D eigenvalue weighted by atomic mass is 10.3. The van der Waals surface area contributed by atoms with E-state index in [2.05, 4.69) is 19.8 Å². The number of rotatable bonds is 1. The third-order valence-electron chi connectivity index (χ3n) is 2.45. The summed E-state index contributed by atoms with van der Waals surface area (Å²) in [6, 6.07) is 4.59. The van der Waals surface area contributed by atoms with Gasteiger partial charge in [-0.05, 0) is 18.6 Å². The first-order chi connectivity index (χ1) is 8.62. The number of hydrogen-bond acceptors (Lipinski definition) is 5. The molecule has 0 fully saturated rings. The number of nitrogens with one attached hydrogen (secondary N) is 1. The highest BCUT2D eigenvalue weighted by atomic mass is 32.2. The average molecular weight is 272 g/mol. The fraction of sp³-hybridized carbons (Fsp3) is 0.364. The van der Waals surface area contributed by atoms with Crippen LogP contribution in [0.5, 0.6) is 11.5 Å². The van der Waals surface area contributed by atoms with E-state index < -0.39 is 6.29 Å². The fourth-order valence-electron chi connectivity index (χ4n) is 1.69. The number of anilines is 1. The van der Waals surface area contributed by atoms with E-state index in [0.717, 1.165) is 23.9 Å². The highest BCUT2D eigenvalue weighted by Crippen LogP contribution is 2.42. The van der Waals surface area contributed by atoms with Crippen LogP contribution in [0.3, 0.4) is 0 Å². The number of hydrogen-bond donors (Lipinski definition) is 1. The highest BCUT2D eigenvalue weighted by Gasteiger charge is 2.43. The number of halogens is 2. The van der Waals surface area contributed by atoms with E-state index in [1.807, 2.05) is 0 Å². The minimum absolute atomic E-state index is 0.0337. The summed E-state index contributed by atoms with van der Waals surface area (Å²) >= 11 is 1.61. The van der Waals surface area contributed by atoms with Crippen LogP contribution >= 0.6 is 11.8 Å². The summed E-state index contributed by atoms with van der Waals surface area (Å²) in [5, 5.41) is 3.87. The monoisotopic (exact) mass is 272 g/mol.